The van der Waals surface area contributed by atoms with E-state index in [-0.39, 0.29) is 17.2 Å². The van der Waals surface area contributed by atoms with Crippen LogP contribution in [0.1, 0.15) is 13.8 Å². The number of rotatable bonds is 11. The summed E-state index contributed by atoms with van der Waals surface area (Å²) in [5.74, 6) is 1.27. The predicted octanol–water partition coefficient (Wildman–Crippen LogP) is 4.54. The van der Waals surface area contributed by atoms with Gasteiger partial charge in [-0.05, 0) is 42.5 Å². The maximum absolute atomic E-state index is 13.0. The Morgan fingerprint density at radius 3 is 2.18 bits per heavy atom. The van der Waals surface area contributed by atoms with Crippen molar-refractivity contribution in [1.82, 2.24) is 4.31 Å². The molecule has 0 bridgehead atoms. The lowest BCUT2D eigenvalue weighted by atomic mass is 10.2. The number of nitrogens with zero attached hydrogens (tertiary/aromatic N) is 1. The van der Waals surface area contributed by atoms with Crippen LogP contribution in [0.4, 0.5) is 5.69 Å². The summed E-state index contributed by atoms with van der Waals surface area (Å²) in [6.07, 6.45) is 0. The molecule has 1 amide bonds. The van der Waals surface area contributed by atoms with E-state index in [2.05, 4.69) is 5.32 Å². The van der Waals surface area contributed by atoms with Crippen LogP contribution >= 0.6 is 0 Å². The van der Waals surface area contributed by atoms with Gasteiger partial charge in [-0.1, -0.05) is 44.2 Å². The molecule has 0 heterocycles. The van der Waals surface area contributed by atoms with Gasteiger partial charge in [0.15, 0.2) is 23.9 Å². The van der Waals surface area contributed by atoms with Crippen molar-refractivity contribution in [2.24, 2.45) is 0 Å². The van der Waals surface area contributed by atoms with Crippen molar-refractivity contribution in [2.45, 2.75) is 18.7 Å². The molecule has 0 aliphatic heterocycles. The number of ether oxygens (including phenoxy) is 3. The number of benzene rings is 3. The van der Waals surface area contributed by atoms with Crippen molar-refractivity contribution in [1.29, 1.82) is 0 Å². The van der Waals surface area contributed by atoms with Crippen LogP contribution in [0.5, 0.6) is 23.0 Å². The Morgan fingerprint density at radius 2 is 1.53 bits per heavy atom. The quantitative estimate of drug-likeness (QED) is 0.430. The number of para-hydroxylation sites is 3. The summed E-state index contributed by atoms with van der Waals surface area (Å²) < 4.78 is 44.1. The molecule has 0 aliphatic rings. The molecule has 0 atom stereocenters. The first-order valence-corrected chi connectivity index (χ1v) is 12.3. The summed E-state index contributed by atoms with van der Waals surface area (Å²) in [5, 5.41) is 2.71. The average Bonchev–Trinajstić information content (AvgIpc) is 2.85. The molecule has 34 heavy (non-hydrogen) atoms. The molecule has 8 nitrogen and oxygen atoms in total. The molecule has 9 heteroatoms. The fraction of sp³-hybridized carbons (Fsp3) is 0.240. The minimum Gasteiger partial charge on any atom is -0.493 e. The van der Waals surface area contributed by atoms with Crippen LogP contribution in [0.25, 0.3) is 0 Å². The van der Waals surface area contributed by atoms with Gasteiger partial charge in [0.1, 0.15) is 5.75 Å². The van der Waals surface area contributed by atoms with Crippen molar-refractivity contribution in [3.63, 3.8) is 0 Å². The number of carbonyl (C=O) groups is 1. The van der Waals surface area contributed by atoms with Crippen molar-refractivity contribution in [3.05, 3.63) is 72.8 Å². The maximum Gasteiger partial charge on any atom is 0.262 e. The van der Waals surface area contributed by atoms with E-state index in [1.165, 1.54) is 29.6 Å². The van der Waals surface area contributed by atoms with Crippen LogP contribution in [-0.2, 0) is 14.8 Å². The number of methoxy groups -OCH3 is 1. The lowest BCUT2D eigenvalue weighted by Crippen LogP contribution is -2.30. The van der Waals surface area contributed by atoms with Crippen molar-refractivity contribution in [2.75, 3.05) is 32.1 Å². The standard InChI is InChI=1S/C25H28N2O6S/c1-4-27(5-2)34(29,30)20-15-16-22(33-19-11-7-6-8-12-19)21(17-20)26-25(28)18-32-24-14-10-9-13-23(24)31-3/h6-17H,4-5,18H2,1-3H3,(H,26,28). The second kappa shape index (κ2) is 11.5. The van der Waals surface area contributed by atoms with Crippen LogP contribution in [0.2, 0.25) is 0 Å². The highest BCUT2D eigenvalue weighted by molar-refractivity contribution is 7.89. The monoisotopic (exact) mass is 484 g/mol. The highest BCUT2D eigenvalue weighted by atomic mass is 32.2. The fourth-order valence-electron chi connectivity index (χ4n) is 3.25. The van der Waals surface area contributed by atoms with E-state index in [1.807, 2.05) is 18.2 Å². The summed E-state index contributed by atoms with van der Waals surface area (Å²) in [5.41, 5.74) is 0.214. The fourth-order valence-corrected chi connectivity index (χ4v) is 4.74. The van der Waals surface area contributed by atoms with Crippen LogP contribution < -0.4 is 19.5 Å². The summed E-state index contributed by atoms with van der Waals surface area (Å²) in [6, 6.07) is 20.4. The predicted molar refractivity (Wildman–Crippen MR) is 130 cm³/mol. The van der Waals surface area contributed by atoms with Crippen LogP contribution in [0.15, 0.2) is 77.7 Å². The molecule has 0 saturated heterocycles. The summed E-state index contributed by atoms with van der Waals surface area (Å²) in [7, 11) is -2.22. The summed E-state index contributed by atoms with van der Waals surface area (Å²) in [6.45, 7) is 3.89. The van der Waals surface area contributed by atoms with Gasteiger partial charge in [-0.2, -0.15) is 4.31 Å². The van der Waals surface area contributed by atoms with Gasteiger partial charge < -0.3 is 19.5 Å². The third-order valence-corrected chi connectivity index (χ3v) is 7.01. The maximum atomic E-state index is 13.0. The number of sulfonamides is 1. The lowest BCUT2D eigenvalue weighted by Gasteiger charge is -2.20. The molecule has 0 saturated carbocycles. The molecular weight excluding hydrogens is 456 g/mol. The lowest BCUT2D eigenvalue weighted by molar-refractivity contribution is -0.118. The first-order chi connectivity index (χ1) is 16.4. The minimum atomic E-state index is -3.73. The van der Waals surface area contributed by atoms with Gasteiger partial charge in [-0.3, -0.25) is 4.79 Å². The Kier molecular flexibility index (Phi) is 8.50. The smallest absolute Gasteiger partial charge is 0.262 e. The Morgan fingerprint density at radius 1 is 0.882 bits per heavy atom. The molecule has 3 aromatic rings. The Balaban J connectivity index is 1.87. The van der Waals surface area contributed by atoms with Gasteiger partial charge in [-0.15, -0.1) is 0 Å². The zero-order valence-corrected chi connectivity index (χ0v) is 20.2. The van der Waals surface area contributed by atoms with E-state index in [4.69, 9.17) is 14.2 Å². The van der Waals surface area contributed by atoms with E-state index < -0.39 is 15.9 Å². The zero-order valence-electron chi connectivity index (χ0n) is 19.4. The van der Waals surface area contributed by atoms with E-state index in [9.17, 15) is 13.2 Å². The van der Waals surface area contributed by atoms with Crippen LogP contribution in [-0.4, -0.2) is 45.4 Å². The van der Waals surface area contributed by atoms with E-state index >= 15 is 0 Å². The van der Waals surface area contributed by atoms with Gasteiger partial charge in [0, 0.05) is 13.1 Å². The molecule has 3 aromatic carbocycles. The number of amides is 1. The number of nitrogens with one attached hydrogen (secondary N) is 1. The first-order valence-electron chi connectivity index (χ1n) is 10.8. The zero-order chi connectivity index (χ0) is 24.6. The number of anilines is 1. The van der Waals surface area contributed by atoms with Crippen molar-refractivity contribution in [3.8, 4) is 23.0 Å². The van der Waals surface area contributed by atoms with Gasteiger partial charge in [0.05, 0.1) is 17.7 Å². The van der Waals surface area contributed by atoms with Gasteiger partial charge in [0.2, 0.25) is 10.0 Å². The highest BCUT2D eigenvalue weighted by Gasteiger charge is 2.23. The molecule has 180 valence electrons. The Labute approximate surface area is 200 Å². The second-order valence-corrected chi connectivity index (χ2v) is 9.09. The summed E-state index contributed by atoms with van der Waals surface area (Å²) >= 11 is 0. The van der Waals surface area contributed by atoms with Gasteiger partial charge in [0.25, 0.3) is 5.91 Å². The number of hydrogen-bond acceptors (Lipinski definition) is 6. The van der Waals surface area contributed by atoms with E-state index in [1.54, 1.807) is 50.2 Å². The topological polar surface area (TPSA) is 94.2 Å². The largest absolute Gasteiger partial charge is 0.493 e. The van der Waals surface area contributed by atoms with Crippen molar-refractivity contribution >= 4 is 21.6 Å². The Bertz CT molecular complexity index is 1210. The normalized spacial score (nSPS) is 11.2. The second-order valence-electron chi connectivity index (χ2n) is 7.15. The third-order valence-electron chi connectivity index (χ3n) is 4.97. The molecule has 0 aliphatic carbocycles. The van der Waals surface area contributed by atoms with Crippen molar-refractivity contribution < 1.29 is 27.4 Å². The summed E-state index contributed by atoms with van der Waals surface area (Å²) in [4.78, 5) is 12.8. The molecule has 0 radical (unpaired) electrons. The van der Waals surface area contributed by atoms with E-state index in [0.717, 1.165) is 0 Å². The first kappa shape index (κ1) is 25.1. The minimum absolute atomic E-state index is 0.0533. The molecule has 1 N–H and O–H groups in total. The Hall–Kier alpha value is -3.56. The van der Waals surface area contributed by atoms with E-state index in [0.29, 0.717) is 36.1 Å². The third kappa shape index (κ3) is 6.06. The van der Waals surface area contributed by atoms with Gasteiger partial charge >= 0.3 is 0 Å². The number of hydrogen-bond donors (Lipinski definition) is 1. The highest BCUT2D eigenvalue weighted by Crippen LogP contribution is 2.33. The van der Waals surface area contributed by atoms with Crippen LogP contribution in [0, 0.1) is 0 Å². The molecule has 0 spiro atoms. The molecule has 0 aromatic heterocycles. The van der Waals surface area contributed by atoms with Gasteiger partial charge in [-0.25, -0.2) is 8.42 Å². The average molecular weight is 485 g/mol. The molecule has 0 fully saturated rings. The SMILES string of the molecule is CCN(CC)S(=O)(=O)c1ccc(Oc2ccccc2)c(NC(=O)COc2ccccc2OC)c1. The molecule has 3 rings (SSSR count). The number of carbonyl (C=O) groups excluding carboxylic acids is 1. The molecule has 0 unspecified atom stereocenters. The van der Waals surface area contributed by atoms with Crippen LogP contribution in [0.3, 0.4) is 0 Å². The molecular formula is C25H28N2O6S.